The maximum Gasteiger partial charge on any atom is 0.303 e. The van der Waals surface area contributed by atoms with E-state index in [9.17, 15) is 21.6 Å². The number of sulfonamides is 1. The van der Waals surface area contributed by atoms with Gasteiger partial charge in [0.25, 0.3) is 0 Å². The molecule has 0 amide bonds. The summed E-state index contributed by atoms with van der Waals surface area (Å²) < 4.78 is 49.2. The Morgan fingerprint density at radius 3 is 2.40 bits per heavy atom. The van der Waals surface area contributed by atoms with Gasteiger partial charge in [-0.2, -0.15) is 0 Å². The third-order valence-electron chi connectivity index (χ3n) is 3.33. The smallest absolute Gasteiger partial charge is 0.303 e. The summed E-state index contributed by atoms with van der Waals surface area (Å²) >= 11 is 0. The van der Waals surface area contributed by atoms with E-state index in [1.165, 1.54) is 0 Å². The number of hydrogen-bond acceptors (Lipinski definition) is 5. The molecule has 1 aliphatic heterocycles. The van der Waals surface area contributed by atoms with Gasteiger partial charge in [-0.3, -0.25) is 4.79 Å². The first kappa shape index (κ1) is 17.4. The van der Waals surface area contributed by atoms with Crippen molar-refractivity contribution in [1.29, 1.82) is 0 Å². The van der Waals surface area contributed by atoms with Gasteiger partial charge in [-0.05, 0) is 32.6 Å². The van der Waals surface area contributed by atoms with Crippen molar-refractivity contribution >= 4 is 25.8 Å². The Balaban J connectivity index is 2.47. The van der Waals surface area contributed by atoms with Gasteiger partial charge in [0.05, 0.1) is 16.8 Å². The zero-order chi connectivity index (χ0) is 15.4. The van der Waals surface area contributed by atoms with Gasteiger partial charge < -0.3 is 5.11 Å². The molecule has 1 aliphatic rings. The van der Waals surface area contributed by atoms with Crippen LogP contribution >= 0.6 is 0 Å². The second kappa shape index (κ2) is 6.86. The summed E-state index contributed by atoms with van der Waals surface area (Å²) in [7, 11) is -6.63. The third kappa shape index (κ3) is 5.76. The lowest BCUT2D eigenvalue weighted by atomic mass is 10.1. The topological polar surface area (TPSA) is 118 Å². The molecular weight excluding hydrogens is 306 g/mol. The molecule has 0 aromatic rings. The minimum absolute atomic E-state index is 0.00768. The number of carboxylic acids is 1. The van der Waals surface area contributed by atoms with Crippen molar-refractivity contribution in [1.82, 2.24) is 4.72 Å². The quantitative estimate of drug-likeness (QED) is 0.686. The lowest BCUT2D eigenvalue weighted by Gasteiger charge is -2.24. The van der Waals surface area contributed by atoms with Crippen LogP contribution in [0.25, 0.3) is 0 Å². The Hall–Kier alpha value is -0.670. The first-order valence-corrected chi connectivity index (χ1v) is 9.92. The average Bonchev–Trinajstić information content (AvgIpc) is 2.26. The normalized spacial score (nSPS) is 21.4. The summed E-state index contributed by atoms with van der Waals surface area (Å²) in [6.07, 6.45) is 1.10. The molecule has 7 nitrogen and oxygen atoms in total. The number of nitrogens with one attached hydrogen (secondary N) is 1. The zero-order valence-corrected chi connectivity index (χ0v) is 13.0. The summed E-state index contributed by atoms with van der Waals surface area (Å²) in [6.45, 7) is 1.68. The summed E-state index contributed by atoms with van der Waals surface area (Å²) in [5.74, 6) is -1.09. The van der Waals surface area contributed by atoms with Gasteiger partial charge in [0.2, 0.25) is 10.0 Å². The average molecular weight is 327 g/mol. The number of hydrogen-bond donors (Lipinski definition) is 2. The maximum absolute atomic E-state index is 12.1. The highest BCUT2D eigenvalue weighted by Crippen LogP contribution is 2.19. The van der Waals surface area contributed by atoms with E-state index in [1.807, 2.05) is 0 Å². The first-order valence-electron chi connectivity index (χ1n) is 6.56. The highest BCUT2D eigenvalue weighted by atomic mass is 32.2. The van der Waals surface area contributed by atoms with Crippen LogP contribution in [0.3, 0.4) is 0 Å². The van der Waals surface area contributed by atoms with Crippen molar-refractivity contribution < 1.29 is 26.7 Å². The predicted octanol–water partition coefficient (Wildman–Crippen LogP) is 0.126. The number of carboxylic acid groups (broad SMARTS) is 1. The van der Waals surface area contributed by atoms with Gasteiger partial charge in [-0.25, -0.2) is 21.6 Å². The summed E-state index contributed by atoms with van der Waals surface area (Å²) in [6, 6.07) is -0.349. The number of sulfone groups is 1. The van der Waals surface area contributed by atoms with E-state index < -0.39 is 31.1 Å². The molecule has 1 heterocycles. The van der Waals surface area contributed by atoms with Crippen LogP contribution in [0.4, 0.5) is 0 Å². The Kier molecular flexibility index (Phi) is 5.96. The number of rotatable bonds is 7. The van der Waals surface area contributed by atoms with Crippen LogP contribution in [-0.4, -0.2) is 50.7 Å². The molecule has 1 unspecified atom stereocenters. The Bertz CT molecular complexity index is 525. The third-order valence-corrected chi connectivity index (χ3v) is 7.13. The minimum Gasteiger partial charge on any atom is -0.481 e. The summed E-state index contributed by atoms with van der Waals surface area (Å²) in [5, 5.41) is 7.84. The number of aliphatic carboxylic acids is 1. The molecule has 118 valence electrons. The van der Waals surface area contributed by atoms with Crippen LogP contribution in [0.15, 0.2) is 0 Å². The van der Waals surface area contributed by atoms with Crippen LogP contribution in [0.2, 0.25) is 0 Å². The molecule has 0 bridgehead atoms. The Morgan fingerprint density at radius 1 is 1.35 bits per heavy atom. The summed E-state index contributed by atoms with van der Waals surface area (Å²) in [5.41, 5.74) is 0. The highest BCUT2D eigenvalue weighted by molar-refractivity contribution is 7.92. The van der Waals surface area contributed by atoms with E-state index in [0.29, 0.717) is 12.8 Å². The first-order chi connectivity index (χ1) is 9.12. The molecule has 0 saturated carbocycles. The molecule has 0 spiro atoms. The van der Waals surface area contributed by atoms with Crippen molar-refractivity contribution in [2.45, 2.75) is 50.3 Å². The van der Waals surface area contributed by atoms with E-state index in [0.717, 1.165) is 0 Å². The van der Waals surface area contributed by atoms with E-state index in [-0.39, 0.29) is 36.8 Å². The monoisotopic (exact) mass is 327 g/mol. The molecule has 20 heavy (non-hydrogen) atoms. The molecule has 1 saturated heterocycles. The van der Waals surface area contributed by atoms with E-state index in [2.05, 4.69) is 4.72 Å². The SMILES string of the molecule is CC(CCCC(=O)O)NS(=O)(=O)C1CCS(=O)(=O)CC1. The standard InChI is InChI=1S/C11H21NO6S2/c1-9(3-2-4-11(13)14)12-20(17,18)10-5-7-19(15,16)8-6-10/h9-10,12H,2-8H2,1H3,(H,13,14). The fourth-order valence-electron chi connectivity index (χ4n) is 2.17. The van der Waals surface area contributed by atoms with Crippen LogP contribution in [0.1, 0.15) is 39.0 Å². The largest absolute Gasteiger partial charge is 0.481 e. The zero-order valence-electron chi connectivity index (χ0n) is 11.4. The molecule has 0 aromatic heterocycles. The molecule has 1 rings (SSSR count). The molecule has 0 aromatic carbocycles. The second-order valence-corrected chi connectivity index (χ2v) is 9.50. The highest BCUT2D eigenvalue weighted by Gasteiger charge is 2.33. The fraction of sp³-hybridized carbons (Fsp3) is 0.909. The van der Waals surface area contributed by atoms with Crippen LogP contribution in [0.5, 0.6) is 0 Å². The lowest BCUT2D eigenvalue weighted by Crippen LogP contribution is -2.43. The van der Waals surface area contributed by atoms with E-state index in [4.69, 9.17) is 5.11 Å². The second-order valence-electron chi connectivity index (χ2n) is 5.20. The Labute approximate surface area is 119 Å². The molecule has 9 heteroatoms. The molecule has 0 radical (unpaired) electrons. The fourth-order valence-corrected chi connectivity index (χ4v) is 5.69. The molecule has 1 fully saturated rings. The van der Waals surface area contributed by atoms with Gasteiger partial charge >= 0.3 is 5.97 Å². The van der Waals surface area contributed by atoms with E-state index >= 15 is 0 Å². The van der Waals surface area contributed by atoms with E-state index in [1.54, 1.807) is 6.92 Å². The van der Waals surface area contributed by atoms with Gasteiger partial charge in [0, 0.05) is 12.5 Å². The maximum atomic E-state index is 12.1. The molecule has 2 N–H and O–H groups in total. The van der Waals surface area contributed by atoms with Crippen LogP contribution in [0, 0.1) is 0 Å². The molecule has 1 atom stereocenters. The van der Waals surface area contributed by atoms with Gasteiger partial charge in [-0.1, -0.05) is 0 Å². The van der Waals surface area contributed by atoms with Crippen molar-refractivity contribution in [3.8, 4) is 0 Å². The van der Waals surface area contributed by atoms with Crippen molar-refractivity contribution in [2.75, 3.05) is 11.5 Å². The van der Waals surface area contributed by atoms with Crippen molar-refractivity contribution in [2.24, 2.45) is 0 Å². The minimum atomic E-state index is -3.55. The predicted molar refractivity (Wildman–Crippen MR) is 74.7 cm³/mol. The van der Waals surface area contributed by atoms with Crippen molar-refractivity contribution in [3.05, 3.63) is 0 Å². The van der Waals surface area contributed by atoms with Gasteiger partial charge in [0.1, 0.15) is 9.84 Å². The number of carbonyl (C=O) groups is 1. The lowest BCUT2D eigenvalue weighted by molar-refractivity contribution is -0.137. The van der Waals surface area contributed by atoms with Gasteiger partial charge in [0.15, 0.2) is 0 Å². The summed E-state index contributed by atoms with van der Waals surface area (Å²) in [4.78, 5) is 10.4. The van der Waals surface area contributed by atoms with Crippen LogP contribution < -0.4 is 4.72 Å². The van der Waals surface area contributed by atoms with Crippen molar-refractivity contribution in [3.63, 3.8) is 0 Å². The molecular formula is C11H21NO6S2. The molecule has 0 aliphatic carbocycles. The van der Waals surface area contributed by atoms with Gasteiger partial charge in [-0.15, -0.1) is 0 Å². The Morgan fingerprint density at radius 2 is 1.90 bits per heavy atom. The van der Waals surface area contributed by atoms with Crippen LogP contribution in [-0.2, 0) is 24.7 Å².